The highest BCUT2D eigenvalue weighted by atomic mass is 35.5. The van der Waals surface area contributed by atoms with Gasteiger partial charge in [-0.1, -0.05) is 0 Å². The summed E-state index contributed by atoms with van der Waals surface area (Å²) in [6, 6.07) is 0.369. The second kappa shape index (κ2) is 4.80. The molecule has 0 aromatic heterocycles. The summed E-state index contributed by atoms with van der Waals surface area (Å²) in [5, 5.41) is 3.41. The largest absolute Gasteiger partial charge is 0.359 e. The summed E-state index contributed by atoms with van der Waals surface area (Å²) in [5.41, 5.74) is -0.310. The number of hydrogen-bond donors (Lipinski definition) is 1. The third-order valence-corrected chi connectivity index (χ3v) is 5.22. The molecule has 0 aromatic rings. The van der Waals surface area contributed by atoms with Crippen LogP contribution in [-0.4, -0.2) is 38.3 Å². The molecule has 2 fully saturated rings. The molecule has 0 spiro atoms. The molecule has 0 saturated carbocycles. The van der Waals surface area contributed by atoms with Crippen molar-refractivity contribution in [1.29, 1.82) is 0 Å². The van der Waals surface area contributed by atoms with Crippen LogP contribution in [0, 0.1) is 5.92 Å². The maximum atomic E-state index is 11.3. The molecule has 4 nitrogen and oxygen atoms in total. The molecular formula is C10H20ClNO3S. The van der Waals surface area contributed by atoms with Crippen molar-refractivity contribution in [2.75, 3.05) is 18.1 Å². The maximum Gasteiger partial charge on any atom is 0.150 e. The molecule has 2 rings (SSSR count). The highest BCUT2D eigenvalue weighted by Crippen LogP contribution is 2.33. The van der Waals surface area contributed by atoms with Gasteiger partial charge in [-0.05, 0) is 26.7 Å². The van der Waals surface area contributed by atoms with Gasteiger partial charge in [0.1, 0.15) is 15.6 Å². The van der Waals surface area contributed by atoms with Gasteiger partial charge in [0.15, 0.2) is 0 Å². The first-order valence-electron chi connectivity index (χ1n) is 5.53. The van der Waals surface area contributed by atoms with Crippen LogP contribution in [0.5, 0.6) is 0 Å². The minimum Gasteiger partial charge on any atom is -0.359 e. The molecule has 2 unspecified atom stereocenters. The van der Waals surface area contributed by atoms with E-state index in [0.717, 1.165) is 19.4 Å². The van der Waals surface area contributed by atoms with E-state index in [9.17, 15) is 8.42 Å². The van der Waals surface area contributed by atoms with Gasteiger partial charge in [0.05, 0.1) is 18.1 Å². The Morgan fingerprint density at radius 1 is 1.31 bits per heavy atom. The van der Waals surface area contributed by atoms with E-state index in [0.29, 0.717) is 23.5 Å². The van der Waals surface area contributed by atoms with E-state index in [1.54, 1.807) is 0 Å². The first-order valence-corrected chi connectivity index (χ1v) is 7.35. The van der Waals surface area contributed by atoms with Crippen LogP contribution in [0.25, 0.3) is 0 Å². The van der Waals surface area contributed by atoms with Gasteiger partial charge in [-0.3, -0.25) is 5.32 Å². The van der Waals surface area contributed by atoms with Crippen molar-refractivity contribution in [3.63, 3.8) is 0 Å². The van der Waals surface area contributed by atoms with Crippen molar-refractivity contribution in [3.05, 3.63) is 0 Å². The molecule has 96 valence electrons. The molecule has 0 bridgehead atoms. The lowest BCUT2D eigenvalue weighted by Crippen LogP contribution is -2.49. The monoisotopic (exact) mass is 269 g/mol. The lowest BCUT2D eigenvalue weighted by Gasteiger charge is -2.36. The van der Waals surface area contributed by atoms with Gasteiger partial charge >= 0.3 is 0 Å². The average Bonchev–Trinajstić information content (AvgIpc) is 2.47. The first kappa shape index (κ1) is 14.2. The van der Waals surface area contributed by atoms with Crippen LogP contribution in [0.1, 0.15) is 26.7 Å². The number of nitrogens with one attached hydrogen (secondary N) is 1. The fraction of sp³-hybridized carbons (Fsp3) is 1.00. The van der Waals surface area contributed by atoms with E-state index < -0.39 is 9.84 Å². The summed E-state index contributed by atoms with van der Waals surface area (Å²) < 4.78 is 28.4. The van der Waals surface area contributed by atoms with E-state index in [2.05, 4.69) is 12.2 Å². The number of hydrogen-bond acceptors (Lipinski definition) is 4. The smallest absolute Gasteiger partial charge is 0.150 e. The third-order valence-electron chi connectivity index (χ3n) is 3.50. The Kier molecular flexibility index (Phi) is 4.27. The van der Waals surface area contributed by atoms with Gasteiger partial charge < -0.3 is 4.74 Å². The number of rotatable bonds is 1. The molecular weight excluding hydrogens is 250 g/mol. The predicted octanol–water partition coefficient (Wildman–Crippen LogP) is 0.957. The Bertz CT molecular complexity index is 332. The lowest BCUT2D eigenvalue weighted by molar-refractivity contribution is -0.0461. The summed E-state index contributed by atoms with van der Waals surface area (Å²) in [6.45, 7) is 4.85. The number of sulfone groups is 1. The Morgan fingerprint density at radius 3 is 2.31 bits per heavy atom. The quantitative estimate of drug-likeness (QED) is 0.770. The van der Waals surface area contributed by atoms with Crippen molar-refractivity contribution >= 4 is 22.2 Å². The molecule has 0 amide bonds. The Labute approximate surface area is 103 Å². The van der Waals surface area contributed by atoms with E-state index >= 15 is 0 Å². The van der Waals surface area contributed by atoms with E-state index in [1.165, 1.54) is 0 Å². The molecule has 2 aliphatic rings. The highest BCUT2D eigenvalue weighted by molar-refractivity contribution is 7.91. The minimum absolute atomic E-state index is 0. The summed E-state index contributed by atoms with van der Waals surface area (Å²) in [5.74, 6) is 0.949. The fourth-order valence-electron chi connectivity index (χ4n) is 2.55. The van der Waals surface area contributed by atoms with Crippen molar-refractivity contribution in [1.82, 2.24) is 5.32 Å². The van der Waals surface area contributed by atoms with Crippen LogP contribution in [0.2, 0.25) is 0 Å². The molecule has 6 heteroatoms. The lowest BCUT2D eigenvalue weighted by atomic mass is 9.91. The van der Waals surface area contributed by atoms with E-state index in [1.807, 2.05) is 6.92 Å². The topological polar surface area (TPSA) is 55.4 Å². The minimum atomic E-state index is -2.77. The Morgan fingerprint density at radius 2 is 1.88 bits per heavy atom. The molecule has 0 aliphatic carbocycles. The van der Waals surface area contributed by atoms with Gasteiger partial charge in [-0.15, -0.1) is 12.4 Å². The zero-order valence-corrected chi connectivity index (χ0v) is 11.4. The van der Waals surface area contributed by atoms with Gasteiger partial charge in [0.25, 0.3) is 0 Å². The molecule has 16 heavy (non-hydrogen) atoms. The van der Waals surface area contributed by atoms with Gasteiger partial charge in [-0.2, -0.15) is 0 Å². The van der Waals surface area contributed by atoms with Gasteiger partial charge in [0.2, 0.25) is 0 Å². The van der Waals surface area contributed by atoms with E-state index in [4.69, 9.17) is 4.74 Å². The normalized spacial score (nSPS) is 39.2. The predicted molar refractivity (Wildman–Crippen MR) is 65.6 cm³/mol. The number of halogens is 1. The second-order valence-corrected chi connectivity index (χ2v) is 7.19. The van der Waals surface area contributed by atoms with Crippen LogP contribution >= 0.6 is 12.4 Å². The van der Waals surface area contributed by atoms with Gasteiger partial charge in [-0.25, -0.2) is 8.42 Å². The summed E-state index contributed by atoms with van der Waals surface area (Å²) >= 11 is 0. The zero-order valence-electron chi connectivity index (χ0n) is 9.73. The summed E-state index contributed by atoms with van der Waals surface area (Å²) in [6.07, 6.45) is 1.44. The van der Waals surface area contributed by atoms with Crippen molar-refractivity contribution < 1.29 is 13.2 Å². The fourth-order valence-corrected chi connectivity index (χ4v) is 4.04. The molecule has 2 heterocycles. The first-order chi connectivity index (χ1) is 6.91. The SMILES string of the molecule is CC1COC(C)(C2CCS(=O)(=O)CC2)N1.Cl. The van der Waals surface area contributed by atoms with Crippen LogP contribution in [0.4, 0.5) is 0 Å². The summed E-state index contributed by atoms with van der Waals surface area (Å²) in [4.78, 5) is 0. The van der Waals surface area contributed by atoms with Crippen LogP contribution in [0.15, 0.2) is 0 Å². The van der Waals surface area contributed by atoms with Crippen molar-refractivity contribution in [3.8, 4) is 0 Å². The molecule has 2 atom stereocenters. The second-order valence-electron chi connectivity index (χ2n) is 4.89. The molecule has 1 N–H and O–H groups in total. The molecule has 0 radical (unpaired) electrons. The van der Waals surface area contributed by atoms with Crippen molar-refractivity contribution in [2.45, 2.75) is 38.5 Å². The standard InChI is InChI=1S/C10H19NO3S.ClH/c1-8-7-14-10(2,11-8)9-3-5-15(12,13)6-4-9;/h8-9,11H,3-7H2,1-2H3;1H. The van der Waals surface area contributed by atoms with E-state index in [-0.39, 0.29) is 18.1 Å². The summed E-state index contributed by atoms with van der Waals surface area (Å²) in [7, 11) is -2.77. The molecule has 2 aliphatic heterocycles. The maximum absolute atomic E-state index is 11.3. The Balaban J connectivity index is 0.00000128. The van der Waals surface area contributed by atoms with Crippen LogP contribution in [0.3, 0.4) is 0 Å². The zero-order chi connectivity index (χ0) is 11.1. The van der Waals surface area contributed by atoms with Crippen molar-refractivity contribution in [2.24, 2.45) is 5.92 Å². The average molecular weight is 270 g/mol. The third kappa shape index (κ3) is 2.88. The molecule has 2 saturated heterocycles. The molecule has 0 aromatic carbocycles. The Hall–Kier alpha value is 0.160. The van der Waals surface area contributed by atoms with Crippen LogP contribution in [-0.2, 0) is 14.6 Å². The van der Waals surface area contributed by atoms with Gasteiger partial charge in [0, 0.05) is 12.0 Å². The number of ether oxygens (including phenoxy) is 1. The van der Waals surface area contributed by atoms with Crippen LogP contribution < -0.4 is 5.32 Å². The highest BCUT2D eigenvalue weighted by Gasteiger charge is 2.42.